The highest BCUT2D eigenvalue weighted by Crippen LogP contribution is 2.20. The molecule has 3 heterocycles. The summed E-state index contributed by atoms with van der Waals surface area (Å²) >= 11 is 0. The van der Waals surface area contributed by atoms with E-state index in [1.165, 1.54) is 16.6 Å². The van der Waals surface area contributed by atoms with E-state index in [-0.39, 0.29) is 0 Å². The molecule has 0 spiro atoms. The molecule has 0 radical (unpaired) electrons. The van der Waals surface area contributed by atoms with Crippen LogP contribution in [0.4, 0.5) is 0 Å². The zero-order chi connectivity index (χ0) is 14.8. The largest absolute Gasteiger partial charge is 0.326 e. The highest BCUT2D eigenvalue weighted by molar-refractivity contribution is 5.80. The van der Waals surface area contributed by atoms with Gasteiger partial charge in [-0.25, -0.2) is 4.98 Å². The first-order valence-electron chi connectivity index (χ1n) is 7.33. The fourth-order valence-corrected chi connectivity index (χ4v) is 2.82. The molecule has 1 N–H and O–H groups in total. The lowest BCUT2D eigenvalue weighted by atomic mass is 10.2. The number of nitrogens with zero attached hydrogens (tertiary/aromatic N) is 4. The molecule has 5 nitrogen and oxygen atoms in total. The number of fused-ring (bicyclic) bond motifs is 1. The molecule has 0 fully saturated rings. The molecular formula is C16H21N5. The van der Waals surface area contributed by atoms with Crippen molar-refractivity contribution in [3.8, 4) is 0 Å². The van der Waals surface area contributed by atoms with Crippen LogP contribution < -0.4 is 5.32 Å². The number of aromatic nitrogens is 4. The van der Waals surface area contributed by atoms with E-state index >= 15 is 0 Å². The number of pyridine rings is 1. The monoisotopic (exact) mass is 283 g/mol. The highest BCUT2D eigenvalue weighted by atomic mass is 15.3. The topological polar surface area (TPSA) is 47.7 Å². The minimum Gasteiger partial charge on any atom is -0.326 e. The van der Waals surface area contributed by atoms with Crippen LogP contribution in [0.15, 0.2) is 30.6 Å². The molecule has 0 atom stereocenters. The maximum absolute atomic E-state index is 4.55. The van der Waals surface area contributed by atoms with E-state index in [9.17, 15) is 0 Å². The predicted octanol–water partition coefficient (Wildman–Crippen LogP) is 2.33. The Morgan fingerprint density at radius 2 is 2.19 bits per heavy atom. The Bertz CT molecular complexity index is 753. The summed E-state index contributed by atoms with van der Waals surface area (Å²) in [4.78, 5) is 4.55. The van der Waals surface area contributed by atoms with Crippen molar-refractivity contribution in [3.63, 3.8) is 0 Å². The molecule has 0 aliphatic carbocycles. The van der Waals surface area contributed by atoms with Crippen LogP contribution in [-0.4, -0.2) is 26.4 Å². The third-order valence-corrected chi connectivity index (χ3v) is 3.70. The van der Waals surface area contributed by atoms with Crippen LogP contribution in [0.2, 0.25) is 0 Å². The molecule has 0 aliphatic rings. The predicted molar refractivity (Wildman–Crippen MR) is 84.2 cm³/mol. The second kappa shape index (κ2) is 5.69. The van der Waals surface area contributed by atoms with Gasteiger partial charge in [-0.2, -0.15) is 5.10 Å². The molecule has 0 aromatic carbocycles. The van der Waals surface area contributed by atoms with Gasteiger partial charge in [0.15, 0.2) is 0 Å². The van der Waals surface area contributed by atoms with Crippen LogP contribution in [0.5, 0.6) is 0 Å². The molecule has 0 saturated carbocycles. The molecule has 0 aliphatic heterocycles. The first-order chi connectivity index (χ1) is 10.2. The molecule has 5 heteroatoms. The average molecular weight is 283 g/mol. The van der Waals surface area contributed by atoms with Gasteiger partial charge in [-0.15, -0.1) is 0 Å². The second-order valence-corrected chi connectivity index (χ2v) is 5.28. The van der Waals surface area contributed by atoms with E-state index in [1.807, 2.05) is 26.2 Å². The van der Waals surface area contributed by atoms with Gasteiger partial charge in [0.25, 0.3) is 0 Å². The third-order valence-electron chi connectivity index (χ3n) is 3.70. The summed E-state index contributed by atoms with van der Waals surface area (Å²) in [6.45, 7) is 6.69. The lowest BCUT2D eigenvalue weighted by Gasteiger charge is -2.06. The van der Waals surface area contributed by atoms with Crippen LogP contribution in [0.25, 0.3) is 11.0 Å². The fraction of sp³-hybridized carbons (Fsp3) is 0.375. The highest BCUT2D eigenvalue weighted by Gasteiger charge is 2.11. The van der Waals surface area contributed by atoms with Gasteiger partial charge in [-0.05, 0) is 44.7 Å². The Morgan fingerprint density at radius 3 is 2.95 bits per heavy atom. The van der Waals surface area contributed by atoms with E-state index in [2.05, 4.69) is 49.9 Å². The standard InChI is InChI=1S/C16H21N5/c1-4-21-14(8-12(2)19-21)11-20-10-13(9-17-3)15-6-5-7-18-16(15)20/h5-8,10,17H,4,9,11H2,1-3H3. The van der Waals surface area contributed by atoms with Gasteiger partial charge in [0.2, 0.25) is 0 Å². The van der Waals surface area contributed by atoms with Crippen molar-refractivity contribution in [1.82, 2.24) is 24.6 Å². The zero-order valence-electron chi connectivity index (χ0n) is 12.8. The van der Waals surface area contributed by atoms with E-state index in [1.54, 1.807) is 0 Å². The molecule has 21 heavy (non-hydrogen) atoms. The number of hydrogen-bond donors (Lipinski definition) is 1. The molecular weight excluding hydrogens is 262 g/mol. The van der Waals surface area contributed by atoms with Crippen molar-refractivity contribution in [3.05, 3.63) is 47.5 Å². The molecule has 0 unspecified atom stereocenters. The summed E-state index contributed by atoms with van der Waals surface area (Å²) in [7, 11) is 1.97. The molecule has 110 valence electrons. The second-order valence-electron chi connectivity index (χ2n) is 5.28. The first-order valence-corrected chi connectivity index (χ1v) is 7.33. The van der Waals surface area contributed by atoms with Crippen LogP contribution >= 0.6 is 0 Å². The van der Waals surface area contributed by atoms with Gasteiger partial charge in [0.05, 0.1) is 17.9 Å². The van der Waals surface area contributed by atoms with Crippen LogP contribution in [0.3, 0.4) is 0 Å². The van der Waals surface area contributed by atoms with Crippen molar-refractivity contribution in [1.29, 1.82) is 0 Å². The maximum Gasteiger partial charge on any atom is 0.140 e. The first kappa shape index (κ1) is 13.8. The van der Waals surface area contributed by atoms with Crippen LogP contribution in [-0.2, 0) is 19.6 Å². The Balaban J connectivity index is 2.04. The van der Waals surface area contributed by atoms with Crippen molar-refractivity contribution < 1.29 is 0 Å². The fourth-order valence-electron chi connectivity index (χ4n) is 2.82. The normalized spacial score (nSPS) is 11.4. The number of aryl methyl sites for hydroxylation is 2. The third kappa shape index (κ3) is 2.56. The van der Waals surface area contributed by atoms with E-state index in [4.69, 9.17) is 0 Å². The molecule has 3 aromatic heterocycles. The molecule has 3 rings (SSSR count). The van der Waals surface area contributed by atoms with Crippen molar-refractivity contribution in [2.75, 3.05) is 7.05 Å². The summed E-state index contributed by atoms with van der Waals surface area (Å²) in [6, 6.07) is 6.27. The van der Waals surface area contributed by atoms with Crippen molar-refractivity contribution in [2.45, 2.75) is 33.5 Å². The Kier molecular flexibility index (Phi) is 3.75. The SMILES string of the molecule is CCn1nc(C)cc1Cn1cc(CNC)c2cccnc21. The summed E-state index contributed by atoms with van der Waals surface area (Å²) in [5.41, 5.74) is 4.59. The Morgan fingerprint density at radius 1 is 1.33 bits per heavy atom. The van der Waals surface area contributed by atoms with Gasteiger partial charge in [0, 0.05) is 30.9 Å². The smallest absolute Gasteiger partial charge is 0.140 e. The average Bonchev–Trinajstić information content (AvgIpc) is 3.01. The van der Waals surface area contributed by atoms with Crippen molar-refractivity contribution >= 4 is 11.0 Å². The molecule has 0 amide bonds. The summed E-state index contributed by atoms with van der Waals surface area (Å²) in [6.07, 6.45) is 4.04. The lowest BCUT2D eigenvalue weighted by molar-refractivity contribution is 0.600. The van der Waals surface area contributed by atoms with E-state index in [0.717, 1.165) is 31.0 Å². The minimum absolute atomic E-state index is 0.798. The van der Waals surface area contributed by atoms with Gasteiger partial charge in [0.1, 0.15) is 5.65 Å². The van der Waals surface area contributed by atoms with Crippen LogP contribution in [0.1, 0.15) is 23.9 Å². The molecule has 0 saturated heterocycles. The Labute approximate surface area is 124 Å². The lowest BCUT2D eigenvalue weighted by Crippen LogP contribution is -2.08. The van der Waals surface area contributed by atoms with Gasteiger partial charge in [-0.1, -0.05) is 0 Å². The summed E-state index contributed by atoms with van der Waals surface area (Å²) in [5, 5.41) is 8.95. The quantitative estimate of drug-likeness (QED) is 0.782. The number of rotatable bonds is 5. The molecule has 0 bridgehead atoms. The summed E-state index contributed by atoms with van der Waals surface area (Å²) in [5.74, 6) is 0. The van der Waals surface area contributed by atoms with E-state index < -0.39 is 0 Å². The van der Waals surface area contributed by atoms with Gasteiger partial charge in [-0.3, -0.25) is 4.68 Å². The molecule has 3 aromatic rings. The van der Waals surface area contributed by atoms with Gasteiger partial charge < -0.3 is 9.88 Å². The zero-order valence-corrected chi connectivity index (χ0v) is 12.8. The van der Waals surface area contributed by atoms with Gasteiger partial charge >= 0.3 is 0 Å². The minimum atomic E-state index is 0.798. The Hall–Kier alpha value is -2.14. The van der Waals surface area contributed by atoms with Crippen LogP contribution in [0, 0.1) is 6.92 Å². The number of nitrogens with one attached hydrogen (secondary N) is 1. The summed E-state index contributed by atoms with van der Waals surface area (Å²) < 4.78 is 4.27. The van der Waals surface area contributed by atoms with Crippen molar-refractivity contribution in [2.24, 2.45) is 0 Å². The number of hydrogen-bond acceptors (Lipinski definition) is 3. The van der Waals surface area contributed by atoms with E-state index in [0.29, 0.717) is 0 Å². The maximum atomic E-state index is 4.55.